The molecule has 0 saturated heterocycles. The van der Waals surface area contributed by atoms with Crippen LogP contribution >= 0.6 is 50.7 Å². The molecule has 6 heteroatoms. The number of benzene rings is 2. The molecule has 0 aliphatic heterocycles. The minimum atomic E-state index is 0.495. The zero-order valence-electron chi connectivity index (χ0n) is 10.8. The average Bonchev–Trinajstić information content (AvgIpc) is 2.79. The van der Waals surface area contributed by atoms with Crippen molar-refractivity contribution in [2.24, 2.45) is 0 Å². The van der Waals surface area contributed by atoms with Crippen molar-refractivity contribution in [2.75, 3.05) is 5.88 Å². The van der Waals surface area contributed by atoms with Crippen molar-refractivity contribution < 1.29 is 0 Å². The first-order valence-corrected chi connectivity index (χ1v) is 8.37. The number of aryl methyl sites for hydroxylation is 1. The zero-order valence-corrected chi connectivity index (χ0v) is 14.6. The van der Waals surface area contributed by atoms with Gasteiger partial charge in [0.05, 0.1) is 16.7 Å². The maximum atomic E-state index is 6.14. The van der Waals surface area contributed by atoms with Crippen LogP contribution in [0.4, 0.5) is 0 Å². The van der Waals surface area contributed by atoms with E-state index in [1.807, 2.05) is 36.4 Å². The Labute approximate surface area is 145 Å². The normalized spacial score (nSPS) is 11.2. The molecular weight excluding hydrogens is 394 g/mol. The van der Waals surface area contributed by atoms with Gasteiger partial charge < -0.3 is 0 Å². The van der Waals surface area contributed by atoms with Crippen LogP contribution in [0, 0.1) is 0 Å². The fourth-order valence-electron chi connectivity index (χ4n) is 2.28. The van der Waals surface area contributed by atoms with E-state index >= 15 is 0 Å². The number of nitrogens with zero attached hydrogens (tertiary/aromatic N) is 2. The van der Waals surface area contributed by atoms with Crippen molar-refractivity contribution in [2.45, 2.75) is 6.42 Å². The average molecular weight is 405 g/mol. The highest BCUT2D eigenvalue weighted by atomic mass is 79.9. The van der Waals surface area contributed by atoms with Crippen LogP contribution in [0.1, 0.15) is 5.82 Å². The second-order valence-corrected chi connectivity index (χ2v) is 6.64. The zero-order chi connectivity index (χ0) is 15.0. The van der Waals surface area contributed by atoms with Gasteiger partial charge in [0, 0.05) is 26.8 Å². The number of fused-ring (bicyclic) bond motifs is 1. The predicted octanol–water partition coefficient (Wildman–Crippen LogP) is 5.88. The SMILES string of the molecule is ClCCc1nc2cc(Cl)ccc2n1-c1cc(Cl)ccc1Br. The number of alkyl halides is 1. The van der Waals surface area contributed by atoms with E-state index < -0.39 is 0 Å². The lowest BCUT2D eigenvalue weighted by Gasteiger charge is -2.11. The van der Waals surface area contributed by atoms with E-state index in [2.05, 4.69) is 25.5 Å². The lowest BCUT2D eigenvalue weighted by atomic mass is 10.2. The van der Waals surface area contributed by atoms with Gasteiger partial charge in [-0.05, 0) is 52.3 Å². The summed E-state index contributed by atoms with van der Waals surface area (Å²) in [5.41, 5.74) is 2.75. The molecule has 0 N–H and O–H groups in total. The van der Waals surface area contributed by atoms with Crippen molar-refractivity contribution >= 4 is 61.8 Å². The van der Waals surface area contributed by atoms with Crippen LogP contribution in [-0.2, 0) is 6.42 Å². The van der Waals surface area contributed by atoms with E-state index in [4.69, 9.17) is 34.8 Å². The van der Waals surface area contributed by atoms with Crippen LogP contribution in [0.25, 0.3) is 16.7 Å². The van der Waals surface area contributed by atoms with Gasteiger partial charge in [-0.1, -0.05) is 23.2 Å². The maximum Gasteiger partial charge on any atom is 0.115 e. The highest BCUT2D eigenvalue weighted by Gasteiger charge is 2.15. The third-order valence-corrected chi connectivity index (χ3v) is 4.48. The van der Waals surface area contributed by atoms with Crippen LogP contribution in [0.2, 0.25) is 10.0 Å². The summed E-state index contributed by atoms with van der Waals surface area (Å²) in [6, 6.07) is 11.3. The second-order valence-electron chi connectivity index (χ2n) is 4.53. The molecule has 0 amide bonds. The van der Waals surface area contributed by atoms with Gasteiger partial charge >= 0.3 is 0 Å². The molecule has 2 nitrogen and oxygen atoms in total. The highest BCUT2D eigenvalue weighted by molar-refractivity contribution is 9.10. The van der Waals surface area contributed by atoms with Crippen LogP contribution in [0.5, 0.6) is 0 Å². The Morgan fingerprint density at radius 1 is 1.05 bits per heavy atom. The number of hydrogen-bond acceptors (Lipinski definition) is 1. The summed E-state index contributed by atoms with van der Waals surface area (Å²) < 4.78 is 3.00. The first-order chi connectivity index (χ1) is 10.1. The van der Waals surface area contributed by atoms with E-state index in [0.717, 1.165) is 27.0 Å². The van der Waals surface area contributed by atoms with Gasteiger partial charge in [-0.3, -0.25) is 4.57 Å². The molecule has 0 fully saturated rings. The molecule has 2 aromatic carbocycles. The summed E-state index contributed by atoms with van der Waals surface area (Å²) in [6.45, 7) is 0. The van der Waals surface area contributed by atoms with Crippen molar-refractivity contribution in [3.05, 3.63) is 56.7 Å². The molecule has 3 aromatic rings. The van der Waals surface area contributed by atoms with Crippen molar-refractivity contribution in [3.8, 4) is 5.69 Å². The van der Waals surface area contributed by atoms with E-state index in [9.17, 15) is 0 Å². The summed E-state index contributed by atoms with van der Waals surface area (Å²) in [4.78, 5) is 4.64. The third-order valence-electron chi connectivity index (χ3n) is 3.15. The topological polar surface area (TPSA) is 17.8 Å². The Balaban J connectivity index is 2.33. The summed E-state index contributed by atoms with van der Waals surface area (Å²) in [5, 5.41) is 1.33. The van der Waals surface area contributed by atoms with Crippen LogP contribution in [0.15, 0.2) is 40.9 Å². The molecule has 1 heterocycles. The van der Waals surface area contributed by atoms with Gasteiger partial charge in [-0.25, -0.2) is 4.98 Å². The van der Waals surface area contributed by atoms with Crippen LogP contribution in [0.3, 0.4) is 0 Å². The van der Waals surface area contributed by atoms with Crippen LogP contribution in [-0.4, -0.2) is 15.4 Å². The lowest BCUT2D eigenvalue weighted by Crippen LogP contribution is -2.03. The number of rotatable bonds is 3. The summed E-state index contributed by atoms with van der Waals surface area (Å²) in [7, 11) is 0. The highest BCUT2D eigenvalue weighted by Crippen LogP contribution is 2.30. The summed E-state index contributed by atoms with van der Waals surface area (Å²) in [5.74, 6) is 1.38. The monoisotopic (exact) mass is 402 g/mol. The quantitative estimate of drug-likeness (QED) is 0.499. The minimum absolute atomic E-state index is 0.495. The number of imidazole rings is 1. The summed E-state index contributed by atoms with van der Waals surface area (Å²) >= 11 is 21.7. The van der Waals surface area contributed by atoms with Crippen LogP contribution < -0.4 is 0 Å². The van der Waals surface area contributed by atoms with E-state index in [-0.39, 0.29) is 0 Å². The fourth-order valence-corrected chi connectivity index (χ4v) is 3.21. The molecule has 21 heavy (non-hydrogen) atoms. The molecule has 0 saturated carbocycles. The Kier molecular flexibility index (Phi) is 4.46. The van der Waals surface area contributed by atoms with Gasteiger partial charge in [-0.15, -0.1) is 11.6 Å². The largest absolute Gasteiger partial charge is 0.295 e. The van der Waals surface area contributed by atoms with E-state index in [1.54, 1.807) is 0 Å². The van der Waals surface area contributed by atoms with Gasteiger partial charge in [0.1, 0.15) is 5.82 Å². The molecule has 1 aromatic heterocycles. The molecule has 0 unspecified atom stereocenters. The van der Waals surface area contributed by atoms with E-state index in [0.29, 0.717) is 22.3 Å². The van der Waals surface area contributed by atoms with Gasteiger partial charge in [0.15, 0.2) is 0 Å². The molecule has 0 spiro atoms. The molecular formula is C15H10BrCl3N2. The molecule has 3 rings (SSSR count). The molecule has 0 aliphatic carbocycles. The standard InChI is InChI=1S/C15H10BrCl3N2/c16-11-3-1-10(19)8-14(11)21-13-4-2-9(18)7-12(13)20-15(21)5-6-17/h1-4,7-8H,5-6H2. The first-order valence-electron chi connectivity index (χ1n) is 6.28. The smallest absolute Gasteiger partial charge is 0.115 e. The first kappa shape index (κ1) is 15.2. The number of hydrogen-bond donors (Lipinski definition) is 0. The molecule has 108 valence electrons. The summed E-state index contributed by atoms with van der Waals surface area (Å²) in [6.07, 6.45) is 0.660. The van der Waals surface area contributed by atoms with Gasteiger partial charge in [0.25, 0.3) is 0 Å². The Morgan fingerprint density at radius 2 is 1.76 bits per heavy atom. The second kappa shape index (κ2) is 6.17. The fraction of sp³-hybridized carbons (Fsp3) is 0.133. The lowest BCUT2D eigenvalue weighted by molar-refractivity contribution is 0.909. The minimum Gasteiger partial charge on any atom is -0.295 e. The predicted molar refractivity (Wildman–Crippen MR) is 93.2 cm³/mol. The molecule has 0 radical (unpaired) electrons. The Hall–Kier alpha value is -0.740. The Bertz CT molecular complexity index is 814. The van der Waals surface area contributed by atoms with Gasteiger partial charge in [-0.2, -0.15) is 0 Å². The third kappa shape index (κ3) is 2.93. The van der Waals surface area contributed by atoms with Crippen molar-refractivity contribution in [1.82, 2.24) is 9.55 Å². The maximum absolute atomic E-state index is 6.14. The molecule has 0 bridgehead atoms. The van der Waals surface area contributed by atoms with Crippen molar-refractivity contribution in [3.63, 3.8) is 0 Å². The Morgan fingerprint density at radius 3 is 2.52 bits per heavy atom. The molecule has 0 aliphatic rings. The van der Waals surface area contributed by atoms with Gasteiger partial charge in [0.2, 0.25) is 0 Å². The number of aromatic nitrogens is 2. The van der Waals surface area contributed by atoms with Crippen molar-refractivity contribution in [1.29, 1.82) is 0 Å². The number of halogens is 4. The van der Waals surface area contributed by atoms with E-state index in [1.165, 1.54) is 0 Å². The molecule has 0 atom stereocenters.